The Balaban J connectivity index is 1.58. The molecule has 5 nitrogen and oxygen atoms in total. The predicted molar refractivity (Wildman–Crippen MR) is 95.4 cm³/mol. The van der Waals surface area contributed by atoms with Crippen LogP contribution >= 0.6 is 0 Å². The zero-order chi connectivity index (χ0) is 17.8. The van der Waals surface area contributed by atoms with Gasteiger partial charge in [0.05, 0.1) is 12.7 Å². The molecular weight excluding hydrogens is 318 g/mol. The number of anilines is 1. The maximum absolute atomic E-state index is 12.0. The number of para-hydroxylation sites is 1. The fourth-order valence-corrected chi connectivity index (χ4v) is 2.54. The summed E-state index contributed by atoms with van der Waals surface area (Å²) in [4.78, 5) is 23.8. The third-order valence-corrected chi connectivity index (χ3v) is 4.03. The molecule has 0 aliphatic rings. The Morgan fingerprint density at radius 1 is 1.08 bits per heavy atom. The topological polar surface area (TPSA) is 68.5 Å². The van der Waals surface area contributed by atoms with Crippen LogP contribution in [0.25, 0.3) is 11.0 Å². The lowest BCUT2D eigenvalue weighted by Gasteiger charge is -2.06. The first-order valence-electron chi connectivity index (χ1n) is 8.01. The van der Waals surface area contributed by atoms with Crippen molar-refractivity contribution in [1.82, 2.24) is 0 Å². The van der Waals surface area contributed by atoms with Crippen molar-refractivity contribution in [2.45, 2.75) is 20.3 Å². The zero-order valence-electron chi connectivity index (χ0n) is 14.2. The molecule has 0 aliphatic heterocycles. The number of carbonyl (C=O) groups is 2. The van der Waals surface area contributed by atoms with Gasteiger partial charge in [-0.2, -0.15) is 0 Å². The van der Waals surface area contributed by atoms with Crippen molar-refractivity contribution in [2.75, 3.05) is 11.9 Å². The van der Waals surface area contributed by atoms with E-state index in [4.69, 9.17) is 9.15 Å². The lowest BCUT2D eigenvalue weighted by Crippen LogP contribution is -2.21. The van der Waals surface area contributed by atoms with Crippen LogP contribution in [0.4, 0.5) is 5.69 Å². The van der Waals surface area contributed by atoms with Crippen LogP contribution in [0.1, 0.15) is 16.7 Å². The maximum atomic E-state index is 12.0. The third kappa shape index (κ3) is 4.07. The zero-order valence-corrected chi connectivity index (χ0v) is 14.2. The average Bonchev–Trinajstić information content (AvgIpc) is 2.96. The van der Waals surface area contributed by atoms with Crippen molar-refractivity contribution in [3.05, 3.63) is 65.4 Å². The van der Waals surface area contributed by atoms with Gasteiger partial charge in [0.25, 0.3) is 5.91 Å². The molecule has 0 fully saturated rings. The van der Waals surface area contributed by atoms with Gasteiger partial charge >= 0.3 is 5.97 Å². The van der Waals surface area contributed by atoms with Gasteiger partial charge in [0.2, 0.25) is 0 Å². The fraction of sp³-hybridized carbons (Fsp3) is 0.200. The molecule has 1 heterocycles. The lowest BCUT2D eigenvalue weighted by atomic mass is 10.0. The minimum atomic E-state index is -0.468. The molecule has 5 heteroatoms. The van der Waals surface area contributed by atoms with Crippen LogP contribution in [0.15, 0.2) is 53.1 Å². The number of rotatable bonds is 5. The molecule has 3 aromatic rings. The van der Waals surface area contributed by atoms with Crippen LogP contribution in [0.2, 0.25) is 0 Å². The minimum Gasteiger partial charge on any atom is -0.464 e. The Morgan fingerprint density at radius 2 is 1.80 bits per heavy atom. The number of benzene rings is 2. The Kier molecular flexibility index (Phi) is 4.84. The number of furan rings is 1. The Labute approximate surface area is 145 Å². The molecule has 2 aromatic carbocycles. The van der Waals surface area contributed by atoms with Crippen LogP contribution in [-0.4, -0.2) is 18.5 Å². The summed E-state index contributed by atoms with van der Waals surface area (Å²) in [5, 5.41) is 3.56. The minimum absolute atomic E-state index is 0.0636. The quantitative estimate of drug-likeness (QED) is 0.720. The van der Waals surface area contributed by atoms with Crippen LogP contribution in [-0.2, 0) is 20.7 Å². The van der Waals surface area contributed by atoms with Gasteiger partial charge < -0.3 is 14.5 Å². The molecule has 1 amide bonds. The van der Waals surface area contributed by atoms with Crippen molar-refractivity contribution in [1.29, 1.82) is 0 Å². The molecule has 25 heavy (non-hydrogen) atoms. The molecule has 0 aliphatic carbocycles. The van der Waals surface area contributed by atoms with Crippen LogP contribution in [0.5, 0.6) is 0 Å². The van der Waals surface area contributed by atoms with E-state index in [-0.39, 0.29) is 18.9 Å². The van der Waals surface area contributed by atoms with E-state index in [0.29, 0.717) is 5.69 Å². The van der Waals surface area contributed by atoms with E-state index >= 15 is 0 Å². The standard InChI is InChI=1S/C20H19NO4/c1-13-8-17-15(11-24-18(17)9-14(13)2)10-20(23)25-12-19(22)21-16-6-4-3-5-7-16/h3-9,11H,10,12H2,1-2H3,(H,21,22). The molecule has 0 radical (unpaired) electrons. The summed E-state index contributed by atoms with van der Waals surface area (Å²) in [6.07, 6.45) is 1.63. The largest absolute Gasteiger partial charge is 0.464 e. The van der Waals surface area contributed by atoms with Gasteiger partial charge in [0, 0.05) is 16.6 Å². The summed E-state index contributed by atoms with van der Waals surface area (Å²) < 4.78 is 10.6. The van der Waals surface area contributed by atoms with Crippen molar-refractivity contribution in [3.8, 4) is 0 Å². The SMILES string of the molecule is Cc1cc2occ(CC(=O)OCC(=O)Nc3ccccc3)c2cc1C. The van der Waals surface area contributed by atoms with Gasteiger partial charge in [0.1, 0.15) is 5.58 Å². The number of hydrogen-bond donors (Lipinski definition) is 1. The molecule has 0 saturated carbocycles. The maximum Gasteiger partial charge on any atom is 0.310 e. The smallest absolute Gasteiger partial charge is 0.310 e. The molecule has 128 valence electrons. The first-order chi connectivity index (χ1) is 12.0. The molecule has 0 saturated heterocycles. The van der Waals surface area contributed by atoms with E-state index in [1.165, 1.54) is 0 Å². The van der Waals surface area contributed by atoms with Crippen molar-refractivity contribution in [3.63, 3.8) is 0 Å². The van der Waals surface area contributed by atoms with Crippen molar-refractivity contribution < 1.29 is 18.7 Å². The van der Waals surface area contributed by atoms with Crippen molar-refractivity contribution >= 4 is 28.5 Å². The van der Waals surface area contributed by atoms with Crippen LogP contribution < -0.4 is 5.32 Å². The molecule has 1 aromatic heterocycles. The number of carbonyl (C=O) groups excluding carboxylic acids is 2. The highest BCUT2D eigenvalue weighted by molar-refractivity contribution is 5.93. The summed E-state index contributed by atoms with van der Waals surface area (Å²) in [6, 6.07) is 13.0. The van der Waals surface area contributed by atoms with Crippen LogP contribution in [0, 0.1) is 13.8 Å². The van der Waals surface area contributed by atoms with E-state index in [0.717, 1.165) is 27.7 Å². The van der Waals surface area contributed by atoms with E-state index in [2.05, 4.69) is 5.32 Å². The van der Waals surface area contributed by atoms with Gasteiger partial charge in [-0.1, -0.05) is 18.2 Å². The summed E-state index contributed by atoms with van der Waals surface area (Å²) in [5.74, 6) is -0.841. The fourth-order valence-electron chi connectivity index (χ4n) is 2.54. The molecule has 0 bridgehead atoms. The summed E-state index contributed by atoms with van der Waals surface area (Å²) in [5.41, 5.74) is 4.42. The van der Waals surface area contributed by atoms with Crippen molar-refractivity contribution in [2.24, 2.45) is 0 Å². The molecule has 0 atom stereocenters. The number of hydrogen-bond acceptors (Lipinski definition) is 4. The van der Waals surface area contributed by atoms with E-state index in [1.807, 2.05) is 44.2 Å². The molecule has 0 unspecified atom stereocenters. The van der Waals surface area contributed by atoms with Gasteiger partial charge in [0.15, 0.2) is 6.61 Å². The second-order valence-electron chi connectivity index (χ2n) is 5.95. The highest BCUT2D eigenvalue weighted by Gasteiger charge is 2.14. The predicted octanol–water partition coefficient (Wildman–Crippen LogP) is 3.77. The average molecular weight is 337 g/mol. The number of ether oxygens (including phenoxy) is 1. The van der Waals surface area contributed by atoms with Gasteiger partial charge in [-0.25, -0.2) is 0 Å². The highest BCUT2D eigenvalue weighted by Crippen LogP contribution is 2.25. The van der Waals surface area contributed by atoms with Gasteiger partial charge in [-0.3, -0.25) is 9.59 Å². The lowest BCUT2D eigenvalue weighted by molar-refractivity contribution is -0.146. The number of nitrogens with one attached hydrogen (secondary N) is 1. The molecule has 1 N–H and O–H groups in total. The highest BCUT2D eigenvalue weighted by atomic mass is 16.5. The summed E-state index contributed by atoms with van der Waals surface area (Å²) in [6.45, 7) is 3.70. The summed E-state index contributed by atoms with van der Waals surface area (Å²) >= 11 is 0. The summed E-state index contributed by atoms with van der Waals surface area (Å²) in [7, 11) is 0. The second-order valence-corrected chi connectivity index (χ2v) is 5.95. The number of esters is 1. The molecule has 0 spiro atoms. The van der Waals surface area contributed by atoms with Gasteiger partial charge in [-0.05, 0) is 49.2 Å². The normalized spacial score (nSPS) is 10.6. The van der Waals surface area contributed by atoms with E-state index in [9.17, 15) is 9.59 Å². The van der Waals surface area contributed by atoms with E-state index < -0.39 is 5.97 Å². The molecular formula is C20H19NO4. The molecule has 3 rings (SSSR count). The number of fused-ring (bicyclic) bond motifs is 1. The first kappa shape index (κ1) is 16.8. The number of aryl methyl sites for hydroxylation is 2. The number of amides is 1. The monoisotopic (exact) mass is 337 g/mol. The second kappa shape index (κ2) is 7.21. The van der Waals surface area contributed by atoms with E-state index in [1.54, 1.807) is 18.4 Å². The Bertz CT molecular complexity index is 912. The Hall–Kier alpha value is -3.08. The van der Waals surface area contributed by atoms with Gasteiger partial charge in [-0.15, -0.1) is 0 Å². The third-order valence-electron chi connectivity index (χ3n) is 4.03. The van der Waals surface area contributed by atoms with Crippen LogP contribution in [0.3, 0.4) is 0 Å². The first-order valence-corrected chi connectivity index (χ1v) is 8.01. The Morgan fingerprint density at radius 3 is 2.56 bits per heavy atom.